The van der Waals surface area contributed by atoms with E-state index in [1.54, 1.807) is 24.4 Å². The van der Waals surface area contributed by atoms with Crippen molar-refractivity contribution in [3.8, 4) is 11.7 Å². The van der Waals surface area contributed by atoms with Crippen LogP contribution in [0.15, 0.2) is 47.6 Å². The van der Waals surface area contributed by atoms with Crippen LogP contribution in [0.25, 0.3) is 5.82 Å². The number of anilines is 2. The molecule has 9 nitrogen and oxygen atoms in total. The number of alkyl halides is 3. The van der Waals surface area contributed by atoms with E-state index < -0.39 is 17.5 Å². The van der Waals surface area contributed by atoms with Crippen molar-refractivity contribution in [2.45, 2.75) is 68.7 Å². The average Bonchev–Trinajstić information content (AvgIpc) is 3.27. The van der Waals surface area contributed by atoms with Gasteiger partial charge in [0.1, 0.15) is 18.4 Å². The highest BCUT2D eigenvalue weighted by Gasteiger charge is 2.62. The zero-order valence-corrected chi connectivity index (χ0v) is 24.5. The van der Waals surface area contributed by atoms with Crippen LogP contribution < -0.4 is 25.3 Å². The molecule has 0 radical (unpaired) electrons. The number of carbonyl (C=O) groups is 1. The van der Waals surface area contributed by atoms with Crippen molar-refractivity contribution in [1.82, 2.24) is 14.8 Å². The number of thiol groups is 1. The molecular formula is C29H35F3N7O2S+. The summed E-state index contributed by atoms with van der Waals surface area (Å²) in [5, 5.41) is 8.77. The second kappa shape index (κ2) is 10.4. The molecule has 3 atom stereocenters. The van der Waals surface area contributed by atoms with Crippen LogP contribution in [0.3, 0.4) is 0 Å². The van der Waals surface area contributed by atoms with Crippen LogP contribution in [0.1, 0.15) is 62.4 Å². The molecule has 3 aromatic heterocycles. The number of aromatic nitrogens is 4. The van der Waals surface area contributed by atoms with E-state index in [4.69, 9.17) is 28.1 Å². The van der Waals surface area contributed by atoms with E-state index in [0.717, 1.165) is 30.2 Å². The van der Waals surface area contributed by atoms with Gasteiger partial charge in [-0.15, -0.1) is 17.7 Å². The normalized spacial score (nSPS) is 24.4. The molecule has 42 heavy (non-hydrogen) atoms. The number of ether oxygens (including phenoxy) is 1. The van der Waals surface area contributed by atoms with Crippen molar-refractivity contribution in [1.29, 1.82) is 0 Å². The van der Waals surface area contributed by atoms with Crippen LogP contribution in [0.2, 0.25) is 0 Å². The van der Waals surface area contributed by atoms with E-state index in [2.05, 4.69) is 33.7 Å². The molecule has 3 aliphatic rings. The summed E-state index contributed by atoms with van der Waals surface area (Å²) in [6.45, 7) is 5.68. The SMILES string of the molecule is CCC1(C)CC(C2CNc3cccc(S)[n+]32)CN1c1nc(-n2ccc(OCCC3(C(F)(F)F)CC3)n2)ccc1C(N)=O. The standard InChI is InChI=1S/C29H34F3N7O2S/c1-3-27(2)15-18(20-16-34-21-5-4-6-24(42)39(20)21)17-37(27)26-19(25(33)40)7-8-22(35-26)38-13-9-23(36-38)41-14-12-28(10-11-28)29(30,31)32/h4-9,13,18,20H,3,10-12,14-17H2,1-2H3,(H3,33,34,40,42)/p+1. The summed E-state index contributed by atoms with van der Waals surface area (Å²) in [7, 11) is 0. The lowest BCUT2D eigenvalue weighted by Gasteiger charge is -2.36. The van der Waals surface area contributed by atoms with Gasteiger partial charge in [-0.1, -0.05) is 6.92 Å². The molecule has 0 bridgehead atoms. The minimum atomic E-state index is -4.22. The molecule has 13 heteroatoms. The number of amides is 1. The molecule has 5 heterocycles. The summed E-state index contributed by atoms with van der Waals surface area (Å²) in [5.74, 6) is 1.85. The van der Waals surface area contributed by atoms with E-state index in [9.17, 15) is 18.0 Å². The monoisotopic (exact) mass is 602 g/mol. The molecule has 0 spiro atoms. The molecule has 1 amide bonds. The van der Waals surface area contributed by atoms with Crippen molar-refractivity contribution in [2.75, 3.05) is 29.9 Å². The third-order valence-corrected chi connectivity index (χ3v) is 9.74. The number of primary amides is 1. The molecular weight excluding hydrogens is 567 g/mol. The van der Waals surface area contributed by atoms with Crippen LogP contribution in [-0.4, -0.2) is 52.1 Å². The molecule has 3 unspecified atom stereocenters. The van der Waals surface area contributed by atoms with Crippen molar-refractivity contribution in [3.63, 3.8) is 0 Å². The van der Waals surface area contributed by atoms with E-state index >= 15 is 0 Å². The highest BCUT2D eigenvalue weighted by Crippen LogP contribution is 2.59. The second-order valence-corrected chi connectivity index (χ2v) is 12.4. The summed E-state index contributed by atoms with van der Waals surface area (Å²) < 4.78 is 49.1. The molecule has 3 aromatic rings. The van der Waals surface area contributed by atoms with E-state index in [1.165, 1.54) is 4.68 Å². The fraction of sp³-hybridized carbons (Fsp3) is 0.517. The van der Waals surface area contributed by atoms with Crippen molar-refractivity contribution in [2.24, 2.45) is 17.1 Å². The number of hydrogen-bond acceptors (Lipinski definition) is 7. The molecule has 1 saturated carbocycles. The van der Waals surface area contributed by atoms with Crippen LogP contribution >= 0.6 is 12.6 Å². The topological polar surface area (TPSA) is 102 Å². The maximum atomic E-state index is 13.2. The van der Waals surface area contributed by atoms with Crippen molar-refractivity contribution < 1.29 is 27.3 Å². The quantitative estimate of drug-likeness (QED) is 0.242. The van der Waals surface area contributed by atoms with Crippen LogP contribution in [0.5, 0.6) is 5.88 Å². The minimum Gasteiger partial charge on any atom is -0.477 e. The first kappa shape index (κ1) is 28.6. The number of nitrogens with one attached hydrogen (secondary N) is 1. The maximum absolute atomic E-state index is 13.2. The third kappa shape index (κ3) is 4.95. The van der Waals surface area contributed by atoms with Gasteiger partial charge in [-0.25, -0.2) is 14.2 Å². The highest BCUT2D eigenvalue weighted by molar-refractivity contribution is 7.80. The van der Waals surface area contributed by atoms with Gasteiger partial charge in [-0.3, -0.25) is 10.1 Å². The molecule has 6 rings (SSSR count). The van der Waals surface area contributed by atoms with Gasteiger partial charge in [0.2, 0.25) is 5.88 Å². The van der Waals surface area contributed by atoms with Gasteiger partial charge in [0, 0.05) is 36.3 Å². The lowest BCUT2D eigenvalue weighted by atomic mass is 9.88. The number of hydrogen-bond donors (Lipinski definition) is 3. The van der Waals surface area contributed by atoms with Crippen molar-refractivity contribution in [3.05, 3.63) is 48.2 Å². The number of rotatable bonds is 9. The van der Waals surface area contributed by atoms with Crippen molar-refractivity contribution >= 4 is 30.2 Å². The summed E-state index contributed by atoms with van der Waals surface area (Å²) in [6.07, 6.45) is -0.691. The zero-order chi connectivity index (χ0) is 29.9. The largest absolute Gasteiger partial charge is 0.477 e. The van der Waals surface area contributed by atoms with Gasteiger partial charge < -0.3 is 15.4 Å². The Morgan fingerprint density at radius 3 is 2.74 bits per heavy atom. The Kier molecular flexibility index (Phi) is 7.06. The molecule has 0 aromatic carbocycles. The van der Waals surface area contributed by atoms with E-state index in [1.807, 2.05) is 18.2 Å². The van der Waals surface area contributed by atoms with Gasteiger partial charge >= 0.3 is 6.18 Å². The number of fused-ring (bicyclic) bond motifs is 1. The summed E-state index contributed by atoms with van der Waals surface area (Å²) in [5.41, 5.74) is 4.22. The first-order valence-corrected chi connectivity index (χ1v) is 14.7. The molecule has 224 valence electrons. The molecule has 2 fully saturated rings. The van der Waals surface area contributed by atoms with E-state index in [0.29, 0.717) is 23.7 Å². The van der Waals surface area contributed by atoms with Crippen LogP contribution in [0.4, 0.5) is 24.8 Å². The first-order valence-electron chi connectivity index (χ1n) is 14.3. The number of nitrogens with two attached hydrogens (primary N) is 1. The highest BCUT2D eigenvalue weighted by atomic mass is 32.1. The average molecular weight is 603 g/mol. The third-order valence-electron chi connectivity index (χ3n) is 9.37. The number of pyridine rings is 2. The van der Waals surface area contributed by atoms with Crippen LogP contribution in [-0.2, 0) is 0 Å². The number of nitrogens with zero attached hydrogens (tertiary/aromatic N) is 5. The maximum Gasteiger partial charge on any atom is 0.394 e. The number of halogens is 3. The summed E-state index contributed by atoms with van der Waals surface area (Å²) in [4.78, 5) is 19.6. The van der Waals surface area contributed by atoms with Gasteiger partial charge in [0.05, 0.1) is 17.6 Å². The fourth-order valence-corrected chi connectivity index (χ4v) is 6.80. The Bertz CT molecular complexity index is 1510. The zero-order valence-electron chi connectivity index (χ0n) is 23.6. The molecule has 3 N–H and O–H groups in total. The Labute approximate surface area is 247 Å². The van der Waals surface area contributed by atoms with E-state index in [-0.39, 0.29) is 49.2 Å². The lowest BCUT2D eigenvalue weighted by molar-refractivity contribution is -0.738. The summed E-state index contributed by atoms with van der Waals surface area (Å²) >= 11 is 4.71. The Balaban J connectivity index is 1.25. The Morgan fingerprint density at radius 2 is 2.05 bits per heavy atom. The smallest absolute Gasteiger partial charge is 0.394 e. The first-order chi connectivity index (χ1) is 19.9. The van der Waals surface area contributed by atoms with Gasteiger partial charge in [-0.2, -0.15) is 13.2 Å². The predicted molar refractivity (Wildman–Crippen MR) is 153 cm³/mol. The molecule has 1 saturated heterocycles. The molecule has 2 aliphatic heterocycles. The van der Waals surface area contributed by atoms with Gasteiger partial charge in [0.25, 0.3) is 11.7 Å². The van der Waals surface area contributed by atoms with Gasteiger partial charge in [-0.05, 0) is 63.3 Å². The minimum absolute atomic E-state index is 0.0784. The fourth-order valence-electron chi connectivity index (χ4n) is 6.46. The predicted octanol–water partition coefficient (Wildman–Crippen LogP) is 4.72. The lowest BCUT2D eigenvalue weighted by Crippen LogP contribution is -2.44. The van der Waals surface area contributed by atoms with Crippen LogP contribution in [0, 0.1) is 11.3 Å². The summed E-state index contributed by atoms with van der Waals surface area (Å²) in [6, 6.07) is 11.1. The second-order valence-electron chi connectivity index (χ2n) is 11.9. The Hall–Kier alpha value is -3.48. The molecule has 1 aliphatic carbocycles. The Morgan fingerprint density at radius 1 is 1.26 bits per heavy atom. The number of carbonyl (C=O) groups excluding carboxylic acids is 1. The van der Waals surface area contributed by atoms with Gasteiger partial charge in [0.15, 0.2) is 10.8 Å².